The van der Waals surface area contributed by atoms with Gasteiger partial charge < -0.3 is 5.73 Å². The van der Waals surface area contributed by atoms with E-state index in [1.165, 1.54) is 25.2 Å². The molecule has 0 radical (unpaired) electrons. The van der Waals surface area contributed by atoms with Crippen LogP contribution in [0.2, 0.25) is 0 Å². The average molecular weight is 197 g/mol. The third kappa shape index (κ3) is 2.27. The molecule has 0 aliphatic heterocycles. The van der Waals surface area contributed by atoms with Gasteiger partial charge in [-0.05, 0) is 17.7 Å². The molecule has 0 saturated heterocycles. The number of carbonyl (C=O) groups excluding carboxylic acids is 1. The zero-order valence-electron chi connectivity index (χ0n) is 7.77. The minimum atomic E-state index is -0.916. The summed E-state index contributed by atoms with van der Waals surface area (Å²) in [4.78, 5) is 11.3. The van der Waals surface area contributed by atoms with E-state index in [1.807, 2.05) is 0 Å². The number of benzene rings is 1. The summed E-state index contributed by atoms with van der Waals surface area (Å²) >= 11 is 0. The highest BCUT2D eigenvalue weighted by molar-refractivity contribution is 5.82. The predicted octanol–water partition coefficient (Wildman–Crippen LogP) is 0.158. The number of halogens is 1. The summed E-state index contributed by atoms with van der Waals surface area (Å²) in [6.07, 6.45) is 0. The van der Waals surface area contributed by atoms with Crippen LogP contribution in [-0.2, 0) is 4.79 Å². The van der Waals surface area contributed by atoms with Gasteiger partial charge in [-0.2, -0.15) is 0 Å². The normalized spacial score (nSPS) is 12.3. The summed E-state index contributed by atoms with van der Waals surface area (Å²) in [6.45, 7) is 0. The van der Waals surface area contributed by atoms with Crippen LogP contribution < -0.4 is 11.6 Å². The summed E-state index contributed by atoms with van der Waals surface area (Å²) in [5, 5.41) is 0.884. The van der Waals surface area contributed by atoms with Crippen molar-refractivity contribution in [1.29, 1.82) is 0 Å². The van der Waals surface area contributed by atoms with E-state index < -0.39 is 17.8 Å². The first-order valence-electron chi connectivity index (χ1n) is 4.05. The number of nitrogens with two attached hydrogens (primary N) is 2. The van der Waals surface area contributed by atoms with Gasteiger partial charge in [-0.1, -0.05) is 12.1 Å². The maximum Gasteiger partial charge on any atom is 0.257 e. The fourth-order valence-electron chi connectivity index (χ4n) is 1.06. The molecule has 76 valence electrons. The van der Waals surface area contributed by atoms with E-state index in [2.05, 4.69) is 0 Å². The summed E-state index contributed by atoms with van der Waals surface area (Å²) in [5.41, 5.74) is 5.98. The molecule has 1 aromatic carbocycles. The van der Waals surface area contributed by atoms with Gasteiger partial charge in [-0.3, -0.25) is 9.80 Å². The van der Waals surface area contributed by atoms with Gasteiger partial charge in [0.05, 0.1) is 0 Å². The zero-order valence-corrected chi connectivity index (χ0v) is 7.77. The van der Waals surface area contributed by atoms with E-state index in [1.54, 1.807) is 6.07 Å². The van der Waals surface area contributed by atoms with Gasteiger partial charge in [-0.25, -0.2) is 10.2 Å². The van der Waals surface area contributed by atoms with E-state index in [0.29, 0.717) is 5.56 Å². The van der Waals surface area contributed by atoms with Crippen molar-refractivity contribution >= 4 is 5.91 Å². The lowest BCUT2D eigenvalue weighted by molar-refractivity contribution is -0.131. The van der Waals surface area contributed by atoms with Crippen molar-refractivity contribution in [2.24, 2.45) is 11.6 Å². The van der Waals surface area contributed by atoms with Crippen LogP contribution in [0.25, 0.3) is 0 Å². The van der Waals surface area contributed by atoms with E-state index >= 15 is 0 Å². The topological polar surface area (TPSA) is 72.3 Å². The van der Waals surface area contributed by atoms with Gasteiger partial charge in [0.2, 0.25) is 0 Å². The first-order chi connectivity index (χ1) is 6.52. The Labute approximate surface area is 81.3 Å². The summed E-state index contributed by atoms with van der Waals surface area (Å²) in [6, 6.07) is 4.66. The van der Waals surface area contributed by atoms with Crippen LogP contribution in [0, 0.1) is 5.82 Å². The fourth-order valence-corrected chi connectivity index (χ4v) is 1.06. The first-order valence-corrected chi connectivity index (χ1v) is 4.05. The average Bonchev–Trinajstić information content (AvgIpc) is 2.15. The number of carbonyl (C=O) groups is 1. The predicted molar refractivity (Wildman–Crippen MR) is 50.3 cm³/mol. The lowest BCUT2D eigenvalue weighted by atomic mass is 10.1. The molecule has 1 amide bonds. The molecule has 4 N–H and O–H groups in total. The molecule has 0 saturated carbocycles. The molecule has 0 aliphatic rings. The smallest absolute Gasteiger partial charge is 0.257 e. The van der Waals surface area contributed by atoms with Crippen LogP contribution in [0.4, 0.5) is 4.39 Å². The van der Waals surface area contributed by atoms with Gasteiger partial charge in [0.15, 0.2) is 0 Å². The molecule has 0 aliphatic carbocycles. The van der Waals surface area contributed by atoms with Crippen molar-refractivity contribution in [2.45, 2.75) is 6.04 Å². The molecule has 14 heavy (non-hydrogen) atoms. The summed E-state index contributed by atoms with van der Waals surface area (Å²) in [5.74, 6) is 4.33. The van der Waals surface area contributed by atoms with E-state index in [0.717, 1.165) is 5.01 Å². The summed E-state index contributed by atoms with van der Waals surface area (Å²) in [7, 11) is 1.39. The molecule has 0 spiro atoms. The van der Waals surface area contributed by atoms with Crippen LogP contribution in [-0.4, -0.2) is 18.0 Å². The molecular weight excluding hydrogens is 185 g/mol. The Balaban J connectivity index is 2.89. The van der Waals surface area contributed by atoms with E-state index in [-0.39, 0.29) is 0 Å². The second kappa shape index (κ2) is 4.17. The Morgan fingerprint density at radius 2 is 2.21 bits per heavy atom. The standard InChI is InChI=1S/C9H12FN3O/c1-13(12)9(14)8(11)6-3-2-4-7(10)5-6/h2-5,8H,11-12H2,1H3. The second-order valence-corrected chi connectivity index (χ2v) is 2.98. The largest absolute Gasteiger partial charge is 0.316 e. The van der Waals surface area contributed by atoms with Crippen molar-refractivity contribution in [2.75, 3.05) is 7.05 Å². The molecule has 5 heteroatoms. The monoisotopic (exact) mass is 197 g/mol. The number of hydrazine groups is 1. The minimum absolute atomic E-state index is 0.410. The number of rotatable bonds is 2. The lowest BCUT2D eigenvalue weighted by Gasteiger charge is -2.16. The molecule has 1 rings (SSSR count). The van der Waals surface area contributed by atoms with Crippen molar-refractivity contribution in [3.05, 3.63) is 35.6 Å². The quantitative estimate of drug-likeness (QED) is 0.403. The highest BCUT2D eigenvalue weighted by atomic mass is 19.1. The Kier molecular flexibility index (Phi) is 3.16. The highest BCUT2D eigenvalue weighted by Crippen LogP contribution is 2.12. The fraction of sp³-hybridized carbons (Fsp3) is 0.222. The zero-order chi connectivity index (χ0) is 10.7. The Bertz CT molecular complexity index is 341. The van der Waals surface area contributed by atoms with E-state index in [9.17, 15) is 9.18 Å². The molecule has 1 aromatic rings. The van der Waals surface area contributed by atoms with Crippen molar-refractivity contribution < 1.29 is 9.18 Å². The van der Waals surface area contributed by atoms with Gasteiger partial charge >= 0.3 is 0 Å². The third-order valence-electron chi connectivity index (χ3n) is 1.82. The van der Waals surface area contributed by atoms with Crippen LogP contribution in [0.15, 0.2) is 24.3 Å². The van der Waals surface area contributed by atoms with Crippen LogP contribution in [0.3, 0.4) is 0 Å². The van der Waals surface area contributed by atoms with Gasteiger partial charge in [0.1, 0.15) is 11.9 Å². The lowest BCUT2D eigenvalue weighted by Crippen LogP contribution is -2.40. The van der Waals surface area contributed by atoms with Crippen molar-refractivity contribution in [3.8, 4) is 0 Å². The van der Waals surface area contributed by atoms with Gasteiger partial charge in [0, 0.05) is 7.05 Å². The number of likely N-dealkylation sites (N-methyl/N-ethyl adjacent to an activating group) is 1. The molecule has 4 nitrogen and oxygen atoms in total. The number of nitrogens with zero attached hydrogens (tertiary/aromatic N) is 1. The van der Waals surface area contributed by atoms with Crippen LogP contribution in [0.1, 0.15) is 11.6 Å². The maximum absolute atomic E-state index is 12.8. The Hall–Kier alpha value is -1.46. The minimum Gasteiger partial charge on any atom is -0.316 e. The molecule has 0 heterocycles. The first kappa shape index (κ1) is 10.6. The summed E-state index contributed by atoms with van der Waals surface area (Å²) < 4.78 is 12.8. The maximum atomic E-state index is 12.8. The third-order valence-corrected chi connectivity index (χ3v) is 1.82. The molecule has 0 bridgehead atoms. The Morgan fingerprint density at radius 1 is 1.57 bits per heavy atom. The van der Waals surface area contributed by atoms with Gasteiger partial charge in [-0.15, -0.1) is 0 Å². The van der Waals surface area contributed by atoms with E-state index in [4.69, 9.17) is 11.6 Å². The molecule has 1 unspecified atom stereocenters. The molecule has 0 fully saturated rings. The van der Waals surface area contributed by atoms with Crippen molar-refractivity contribution in [3.63, 3.8) is 0 Å². The number of hydrogen-bond donors (Lipinski definition) is 2. The van der Waals surface area contributed by atoms with Gasteiger partial charge in [0.25, 0.3) is 5.91 Å². The Morgan fingerprint density at radius 3 is 2.71 bits per heavy atom. The number of amides is 1. The molecule has 1 atom stereocenters. The number of hydrogen-bond acceptors (Lipinski definition) is 3. The SMILES string of the molecule is CN(N)C(=O)C(N)c1cccc(F)c1. The van der Waals surface area contributed by atoms with Crippen LogP contribution >= 0.6 is 0 Å². The second-order valence-electron chi connectivity index (χ2n) is 2.98. The molecular formula is C9H12FN3O. The highest BCUT2D eigenvalue weighted by Gasteiger charge is 2.17. The van der Waals surface area contributed by atoms with Crippen molar-refractivity contribution in [1.82, 2.24) is 5.01 Å². The molecule has 0 aromatic heterocycles. The van der Waals surface area contributed by atoms with Crippen LogP contribution in [0.5, 0.6) is 0 Å².